The Labute approximate surface area is 188 Å². The molecule has 0 bridgehead atoms. The molecule has 2 aromatic carbocycles. The Morgan fingerprint density at radius 3 is 2.69 bits per heavy atom. The summed E-state index contributed by atoms with van der Waals surface area (Å²) in [4.78, 5) is 34.5. The van der Waals surface area contributed by atoms with E-state index in [4.69, 9.17) is 9.15 Å². The minimum absolute atomic E-state index is 0.00437. The molecule has 0 aliphatic carbocycles. The number of nitrogens with zero attached hydrogens (tertiary/aromatic N) is 2. The van der Waals surface area contributed by atoms with Crippen molar-refractivity contribution in [2.75, 3.05) is 7.11 Å². The number of para-hydroxylation sites is 1. The number of aromatic hydroxyl groups is 1. The normalized spacial score (nSPS) is 11.9. The summed E-state index contributed by atoms with van der Waals surface area (Å²) in [5.41, 5.74) is 1.20. The van der Waals surface area contributed by atoms with Gasteiger partial charge in [-0.25, -0.2) is 0 Å². The van der Waals surface area contributed by atoms with Gasteiger partial charge < -0.3 is 14.3 Å². The first-order valence-corrected chi connectivity index (χ1v) is 10.9. The molecule has 0 saturated heterocycles. The van der Waals surface area contributed by atoms with Crippen LogP contribution < -0.4 is 5.43 Å². The van der Waals surface area contributed by atoms with E-state index < -0.39 is 23.1 Å². The van der Waals surface area contributed by atoms with Gasteiger partial charge in [0.15, 0.2) is 5.76 Å². The van der Waals surface area contributed by atoms with Crippen molar-refractivity contribution < 1.29 is 19.1 Å². The molecule has 162 valence electrons. The molecule has 4 aromatic rings. The zero-order valence-electron chi connectivity index (χ0n) is 17.2. The molecule has 1 N–H and O–H groups in total. The maximum atomic E-state index is 12.6. The average Bonchev–Trinajstić information content (AvgIpc) is 2.83. The number of fused-ring (bicyclic) bond motifs is 1. The van der Waals surface area contributed by atoms with Gasteiger partial charge in [0.2, 0.25) is 11.2 Å². The third-order valence-electron chi connectivity index (χ3n) is 4.94. The third-order valence-corrected chi connectivity index (χ3v) is 5.98. The van der Waals surface area contributed by atoms with Crippen LogP contribution in [0.3, 0.4) is 0 Å². The van der Waals surface area contributed by atoms with Gasteiger partial charge >= 0.3 is 5.97 Å². The van der Waals surface area contributed by atoms with Gasteiger partial charge in [0.05, 0.1) is 36.2 Å². The van der Waals surface area contributed by atoms with Crippen molar-refractivity contribution in [3.63, 3.8) is 0 Å². The summed E-state index contributed by atoms with van der Waals surface area (Å²) in [6.45, 7) is 0. The highest BCUT2D eigenvalue weighted by atomic mass is 32.2. The Morgan fingerprint density at radius 2 is 1.91 bits per heavy atom. The first-order valence-electron chi connectivity index (χ1n) is 9.87. The summed E-state index contributed by atoms with van der Waals surface area (Å²) in [6.07, 6.45) is 2.97. The van der Waals surface area contributed by atoms with E-state index in [9.17, 15) is 14.7 Å². The zero-order chi connectivity index (χ0) is 22.5. The standard InChI is InChI=1S/C24H20N2O5S/c1-30-21(28)13-18(17-8-5-9-19-22(17)26-11-10-25-19)24-23(29)20(27)12-15(31-24)14-32-16-6-3-2-4-7-16/h2-12,18,29H,13-14H2,1H3. The summed E-state index contributed by atoms with van der Waals surface area (Å²) in [5.74, 6) is -1.05. The molecule has 0 fully saturated rings. The molecule has 1 atom stereocenters. The lowest BCUT2D eigenvalue weighted by Gasteiger charge is -2.18. The number of esters is 1. The minimum atomic E-state index is -0.780. The highest BCUT2D eigenvalue weighted by Crippen LogP contribution is 2.36. The van der Waals surface area contributed by atoms with Crippen LogP contribution in [0, 0.1) is 0 Å². The van der Waals surface area contributed by atoms with Crippen molar-refractivity contribution in [3.05, 3.63) is 94.3 Å². The van der Waals surface area contributed by atoms with Crippen LogP contribution in [0.4, 0.5) is 0 Å². The Bertz CT molecular complexity index is 1300. The lowest BCUT2D eigenvalue weighted by Crippen LogP contribution is -2.14. The van der Waals surface area contributed by atoms with Gasteiger partial charge in [-0.15, -0.1) is 11.8 Å². The highest BCUT2D eigenvalue weighted by Gasteiger charge is 2.28. The summed E-state index contributed by atoms with van der Waals surface area (Å²) in [5, 5.41) is 10.6. The maximum Gasteiger partial charge on any atom is 0.306 e. The first-order chi connectivity index (χ1) is 15.6. The number of aromatic nitrogens is 2. The lowest BCUT2D eigenvalue weighted by atomic mass is 9.91. The second kappa shape index (κ2) is 9.65. The summed E-state index contributed by atoms with van der Waals surface area (Å²) in [6, 6.07) is 16.3. The topological polar surface area (TPSA) is 103 Å². The fraction of sp³-hybridized carbons (Fsp3) is 0.167. The third kappa shape index (κ3) is 4.65. The summed E-state index contributed by atoms with van der Waals surface area (Å²) >= 11 is 1.50. The van der Waals surface area contributed by atoms with Crippen LogP contribution in [0.15, 0.2) is 81.1 Å². The van der Waals surface area contributed by atoms with Gasteiger partial charge in [-0.05, 0) is 23.8 Å². The average molecular weight is 449 g/mol. The van der Waals surface area contributed by atoms with Gasteiger partial charge in [-0.2, -0.15) is 0 Å². The van der Waals surface area contributed by atoms with E-state index in [1.165, 1.54) is 24.9 Å². The molecule has 0 aliphatic rings. The number of hydrogen-bond acceptors (Lipinski definition) is 8. The quantitative estimate of drug-likeness (QED) is 0.330. The molecule has 0 spiro atoms. The monoisotopic (exact) mass is 448 g/mol. The number of carbonyl (C=O) groups is 1. The van der Waals surface area contributed by atoms with E-state index in [-0.39, 0.29) is 12.2 Å². The van der Waals surface area contributed by atoms with Gasteiger partial charge in [-0.1, -0.05) is 30.3 Å². The van der Waals surface area contributed by atoms with Crippen molar-refractivity contribution in [3.8, 4) is 5.75 Å². The Kier molecular flexibility index (Phi) is 6.51. The van der Waals surface area contributed by atoms with Crippen molar-refractivity contribution in [1.82, 2.24) is 9.97 Å². The summed E-state index contributed by atoms with van der Waals surface area (Å²) in [7, 11) is 1.28. The second-order valence-corrected chi connectivity index (χ2v) is 8.04. The van der Waals surface area contributed by atoms with Crippen molar-refractivity contribution in [1.29, 1.82) is 0 Å². The van der Waals surface area contributed by atoms with Crippen LogP contribution in [-0.2, 0) is 15.3 Å². The fourth-order valence-electron chi connectivity index (χ4n) is 3.42. The highest BCUT2D eigenvalue weighted by molar-refractivity contribution is 7.98. The zero-order valence-corrected chi connectivity index (χ0v) is 18.0. The Hall–Kier alpha value is -3.65. The predicted octanol–water partition coefficient (Wildman–Crippen LogP) is 4.28. The number of ether oxygens (including phenoxy) is 1. The molecule has 0 aliphatic heterocycles. The number of methoxy groups -OCH3 is 1. The molecule has 0 saturated carbocycles. The number of rotatable bonds is 7. The molecular weight excluding hydrogens is 428 g/mol. The van der Waals surface area contributed by atoms with E-state index in [2.05, 4.69) is 9.97 Å². The molecule has 2 heterocycles. The smallest absolute Gasteiger partial charge is 0.306 e. The van der Waals surface area contributed by atoms with Crippen LogP contribution >= 0.6 is 11.8 Å². The second-order valence-electron chi connectivity index (χ2n) is 7.00. The van der Waals surface area contributed by atoms with Crippen LogP contribution in [0.1, 0.15) is 29.4 Å². The number of thioether (sulfide) groups is 1. The number of carbonyl (C=O) groups excluding carboxylic acids is 1. The van der Waals surface area contributed by atoms with Gasteiger partial charge in [0.25, 0.3) is 0 Å². The van der Waals surface area contributed by atoms with E-state index >= 15 is 0 Å². The van der Waals surface area contributed by atoms with Crippen LogP contribution in [-0.4, -0.2) is 28.2 Å². The molecule has 1 unspecified atom stereocenters. The molecule has 32 heavy (non-hydrogen) atoms. The predicted molar refractivity (Wildman–Crippen MR) is 121 cm³/mol. The molecule has 0 radical (unpaired) electrons. The van der Waals surface area contributed by atoms with Crippen molar-refractivity contribution in [2.45, 2.75) is 23.0 Å². The van der Waals surface area contributed by atoms with E-state index in [1.54, 1.807) is 30.6 Å². The minimum Gasteiger partial charge on any atom is -0.502 e. The van der Waals surface area contributed by atoms with Crippen LogP contribution in [0.2, 0.25) is 0 Å². The molecule has 0 amide bonds. The van der Waals surface area contributed by atoms with E-state index in [0.29, 0.717) is 28.1 Å². The molecule has 8 heteroatoms. The van der Waals surface area contributed by atoms with Gasteiger partial charge in [0.1, 0.15) is 5.76 Å². The first kappa shape index (κ1) is 21.6. The largest absolute Gasteiger partial charge is 0.502 e. The van der Waals surface area contributed by atoms with E-state index in [0.717, 1.165) is 4.90 Å². The fourth-order valence-corrected chi connectivity index (χ4v) is 4.22. The van der Waals surface area contributed by atoms with E-state index in [1.807, 2.05) is 30.3 Å². The molecule has 7 nitrogen and oxygen atoms in total. The molecule has 4 rings (SSSR count). The number of benzene rings is 2. The summed E-state index contributed by atoms with van der Waals surface area (Å²) < 4.78 is 10.9. The maximum absolute atomic E-state index is 12.6. The van der Waals surface area contributed by atoms with Gasteiger partial charge in [-0.3, -0.25) is 19.6 Å². The van der Waals surface area contributed by atoms with Gasteiger partial charge in [0, 0.05) is 23.4 Å². The molecular formula is C24H20N2O5S. The molecule has 2 aromatic heterocycles. The Morgan fingerprint density at radius 1 is 1.12 bits per heavy atom. The lowest BCUT2D eigenvalue weighted by molar-refractivity contribution is -0.140. The SMILES string of the molecule is COC(=O)CC(c1oc(CSc2ccccc2)cc(=O)c1O)c1cccc2nccnc12. The Balaban J connectivity index is 1.79. The van der Waals surface area contributed by atoms with Crippen molar-refractivity contribution in [2.24, 2.45) is 0 Å². The number of hydrogen-bond donors (Lipinski definition) is 1. The van der Waals surface area contributed by atoms with Crippen molar-refractivity contribution >= 4 is 28.8 Å². The van der Waals surface area contributed by atoms with Crippen LogP contribution in [0.25, 0.3) is 11.0 Å². The van der Waals surface area contributed by atoms with Crippen LogP contribution in [0.5, 0.6) is 5.75 Å².